The number of carbonyl (C=O) groups excluding carboxylic acids is 1. The number of benzene rings is 1. The van der Waals surface area contributed by atoms with E-state index in [9.17, 15) is 13.2 Å². The zero-order valence-electron chi connectivity index (χ0n) is 11.0. The van der Waals surface area contributed by atoms with Crippen molar-refractivity contribution < 1.29 is 26.7 Å². The second-order valence-electron chi connectivity index (χ2n) is 3.93. The van der Waals surface area contributed by atoms with E-state index < -0.39 is 16.4 Å². The normalized spacial score (nSPS) is 11.5. The van der Waals surface area contributed by atoms with Crippen molar-refractivity contribution in [3.8, 4) is 5.75 Å². The highest BCUT2D eigenvalue weighted by molar-refractivity contribution is 7.81. The minimum Gasteiger partial charge on any atom is -0.463 e. The van der Waals surface area contributed by atoms with Crippen molar-refractivity contribution in [1.82, 2.24) is 0 Å². The molecule has 1 rings (SSSR count). The molecule has 0 heterocycles. The zero-order valence-corrected chi connectivity index (χ0v) is 11.8. The Labute approximate surface area is 118 Å². The lowest BCUT2D eigenvalue weighted by Crippen LogP contribution is -2.06. The Balaban J connectivity index is 2.54. The van der Waals surface area contributed by atoms with Gasteiger partial charge in [-0.1, -0.05) is 25.5 Å². The first-order valence-corrected chi connectivity index (χ1v) is 7.39. The van der Waals surface area contributed by atoms with Crippen molar-refractivity contribution in [1.29, 1.82) is 0 Å². The Bertz CT molecular complexity index is 559. The summed E-state index contributed by atoms with van der Waals surface area (Å²) >= 11 is 0. The van der Waals surface area contributed by atoms with Gasteiger partial charge in [-0.15, -0.1) is 0 Å². The minimum atomic E-state index is -4.52. The van der Waals surface area contributed by atoms with Crippen molar-refractivity contribution in [3.63, 3.8) is 0 Å². The molecule has 0 spiro atoms. The zero-order chi connectivity index (χ0) is 15.0. The topological polar surface area (TPSA) is 89.9 Å². The van der Waals surface area contributed by atoms with Crippen LogP contribution >= 0.6 is 0 Å². The number of unbranched alkanes of at least 4 members (excludes halogenated alkanes) is 1. The molecule has 7 heteroatoms. The largest absolute Gasteiger partial charge is 0.463 e. The molecule has 0 atom stereocenters. The van der Waals surface area contributed by atoms with Crippen LogP contribution in [0.5, 0.6) is 5.75 Å². The molecule has 0 aliphatic carbocycles. The molecule has 0 aliphatic rings. The Kier molecular flexibility index (Phi) is 6.20. The number of hydrogen-bond donors (Lipinski definition) is 1. The minimum absolute atomic E-state index is 0.0184. The van der Waals surface area contributed by atoms with E-state index in [1.54, 1.807) is 0 Å². The maximum absolute atomic E-state index is 11.3. The molecule has 0 aromatic heterocycles. The number of hydrogen-bond acceptors (Lipinski definition) is 5. The third-order valence-electron chi connectivity index (χ3n) is 2.24. The highest BCUT2D eigenvalue weighted by Gasteiger charge is 2.05. The molecule has 6 nitrogen and oxygen atoms in total. The van der Waals surface area contributed by atoms with Gasteiger partial charge in [-0.3, -0.25) is 4.55 Å². The molecule has 20 heavy (non-hydrogen) atoms. The first-order valence-electron chi connectivity index (χ1n) is 6.02. The fourth-order valence-corrected chi connectivity index (χ4v) is 1.64. The third kappa shape index (κ3) is 6.91. The van der Waals surface area contributed by atoms with Gasteiger partial charge in [0.2, 0.25) is 0 Å². The Morgan fingerprint density at radius 2 is 1.95 bits per heavy atom. The summed E-state index contributed by atoms with van der Waals surface area (Å²) in [5, 5.41) is 0. The molecule has 0 fully saturated rings. The van der Waals surface area contributed by atoms with Crippen molar-refractivity contribution in [2.24, 2.45) is 0 Å². The summed E-state index contributed by atoms with van der Waals surface area (Å²) in [4.78, 5) is 11.3. The predicted octanol–water partition coefficient (Wildman–Crippen LogP) is 2.22. The number of esters is 1. The number of carbonyl (C=O) groups is 1. The van der Waals surface area contributed by atoms with Gasteiger partial charge < -0.3 is 8.92 Å². The standard InChI is InChI=1S/C13H16O6S/c1-2-3-10-18-13(14)9-6-11-4-7-12(8-5-11)19-20(15,16)17/h4-9H,2-3,10H2,1H3,(H,15,16,17). The Morgan fingerprint density at radius 3 is 2.50 bits per heavy atom. The molecular weight excluding hydrogens is 284 g/mol. The molecule has 0 bridgehead atoms. The summed E-state index contributed by atoms with van der Waals surface area (Å²) in [6.45, 7) is 2.39. The molecule has 1 aromatic carbocycles. The van der Waals surface area contributed by atoms with Gasteiger partial charge in [-0.25, -0.2) is 4.79 Å². The van der Waals surface area contributed by atoms with Crippen LogP contribution in [-0.4, -0.2) is 25.5 Å². The summed E-state index contributed by atoms with van der Waals surface area (Å²) < 4.78 is 38.7. The van der Waals surface area contributed by atoms with E-state index >= 15 is 0 Å². The van der Waals surface area contributed by atoms with Gasteiger partial charge in [0.05, 0.1) is 6.61 Å². The summed E-state index contributed by atoms with van der Waals surface area (Å²) in [5.41, 5.74) is 0.667. The third-order valence-corrected chi connectivity index (χ3v) is 2.64. The van der Waals surface area contributed by atoms with Crippen LogP contribution in [-0.2, 0) is 19.9 Å². The van der Waals surface area contributed by atoms with E-state index in [4.69, 9.17) is 9.29 Å². The molecule has 1 N–H and O–H groups in total. The average molecular weight is 300 g/mol. The second-order valence-corrected chi connectivity index (χ2v) is 4.96. The van der Waals surface area contributed by atoms with Crippen molar-refractivity contribution in [2.75, 3.05) is 6.61 Å². The van der Waals surface area contributed by atoms with Crippen molar-refractivity contribution in [2.45, 2.75) is 19.8 Å². The molecule has 0 unspecified atom stereocenters. The van der Waals surface area contributed by atoms with Gasteiger partial charge in [-0.05, 0) is 30.2 Å². The van der Waals surface area contributed by atoms with Crippen molar-refractivity contribution in [3.05, 3.63) is 35.9 Å². The number of rotatable bonds is 7. The quantitative estimate of drug-likeness (QED) is 0.359. The summed E-state index contributed by atoms with van der Waals surface area (Å²) in [7, 11) is -4.52. The predicted molar refractivity (Wildman–Crippen MR) is 73.5 cm³/mol. The first kappa shape index (κ1) is 16.2. The Hall–Kier alpha value is -1.86. The van der Waals surface area contributed by atoms with E-state index in [0.29, 0.717) is 12.2 Å². The van der Waals surface area contributed by atoms with Crippen LogP contribution in [0, 0.1) is 0 Å². The van der Waals surface area contributed by atoms with Gasteiger partial charge in [0, 0.05) is 6.08 Å². The van der Waals surface area contributed by atoms with E-state index in [-0.39, 0.29) is 5.75 Å². The maximum Gasteiger partial charge on any atom is 0.446 e. The smallest absolute Gasteiger partial charge is 0.446 e. The van der Waals surface area contributed by atoms with E-state index in [2.05, 4.69) is 4.18 Å². The van der Waals surface area contributed by atoms with Gasteiger partial charge in [-0.2, -0.15) is 8.42 Å². The number of ether oxygens (including phenoxy) is 1. The fourth-order valence-electron chi connectivity index (χ4n) is 1.29. The van der Waals surface area contributed by atoms with Gasteiger partial charge in [0.15, 0.2) is 0 Å². The van der Waals surface area contributed by atoms with Gasteiger partial charge >= 0.3 is 16.4 Å². The van der Waals surface area contributed by atoms with Crippen molar-refractivity contribution >= 4 is 22.4 Å². The molecule has 0 aliphatic heterocycles. The lowest BCUT2D eigenvalue weighted by molar-refractivity contribution is -0.137. The molecule has 0 radical (unpaired) electrons. The van der Waals surface area contributed by atoms with Crippen LogP contribution in [0.4, 0.5) is 0 Å². The van der Waals surface area contributed by atoms with Crippen LogP contribution in [0.3, 0.4) is 0 Å². The van der Waals surface area contributed by atoms with E-state index in [1.807, 2.05) is 6.92 Å². The summed E-state index contributed by atoms with van der Waals surface area (Å²) in [6, 6.07) is 5.79. The van der Waals surface area contributed by atoms with Crippen LogP contribution in [0.15, 0.2) is 30.3 Å². The Morgan fingerprint density at radius 1 is 1.30 bits per heavy atom. The molecule has 110 valence electrons. The molecule has 1 aromatic rings. The first-order chi connectivity index (χ1) is 9.40. The van der Waals surface area contributed by atoms with E-state index in [1.165, 1.54) is 36.4 Å². The maximum atomic E-state index is 11.3. The molecule has 0 saturated heterocycles. The summed E-state index contributed by atoms with van der Waals surface area (Å²) in [5.74, 6) is -0.452. The summed E-state index contributed by atoms with van der Waals surface area (Å²) in [6.07, 6.45) is 4.59. The monoisotopic (exact) mass is 300 g/mol. The second kappa shape index (κ2) is 7.66. The van der Waals surface area contributed by atoms with Crippen LogP contribution < -0.4 is 4.18 Å². The molecular formula is C13H16O6S. The fraction of sp³-hybridized carbons (Fsp3) is 0.308. The van der Waals surface area contributed by atoms with E-state index in [0.717, 1.165) is 12.8 Å². The van der Waals surface area contributed by atoms with Crippen LogP contribution in [0.25, 0.3) is 6.08 Å². The van der Waals surface area contributed by atoms with Crippen LogP contribution in [0.2, 0.25) is 0 Å². The highest BCUT2D eigenvalue weighted by atomic mass is 32.3. The SMILES string of the molecule is CCCCOC(=O)C=Cc1ccc(OS(=O)(=O)O)cc1. The van der Waals surface area contributed by atoms with Crippen LogP contribution in [0.1, 0.15) is 25.3 Å². The average Bonchev–Trinajstić information content (AvgIpc) is 2.36. The lowest BCUT2D eigenvalue weighted by atomic mass is 10.2. The van der Waals surface area contributed by atoms with Gasteiger partial charge in [0.1, 0.15) is 5.75 Å². The lowest BCUT2D eigenvalue weighted by Gasteiger charge is -2.01. The molecule has 0 saturated carbocycles. The highest BCUT2D eigenvalue weighted by Crippen LogP contribution is 2.14. The molecule has 0 amide bonds. The van der Waals surface area contributed by atoms with Gasteiger partial charge in [0.25, 0.3) is 0 Å².